The van der Waals surface area contributed by atoms with Crippen molar-refractivity contribution in [2.24, 2.45) is 5.73 Å². The van der Waals surface area contributed by atoms with Gasteiger partial charge in [-0.2, -0.15) is 0 Å². The van der Waals surface area contributed by atoms with E-state index in [1.54, 1.807) is 19.2 Å². The van der Waals surface area contributed by atoms with Crippen LogP contribution in [0.3, 0.4) is 0 Å². The standard InChI is InChI=1S/C15H23N3O4/c1-18(2)13-11(17-15(16)20)8-12(14(13)19)22-10-6-4-5-9(7-10)21-3/h4-7,11-14,19H,8H2,1-3H3,(H3,16,17,20)/t11-,12-,13+,14+/m1/s1. The highest BCUT2D eigenvalue weighted by Crippen LogP contribution is 2.29. The first-order valence-electron chi connectivity index (χ1n) is 7.13. The minimum absolute atomic E-state index is 0.261. The van der Waals surface area contributed by atoms with E-state index in [0.717, 1.165) is 0 Å². The number of ether oxygens (including phenoxy) is 2. The highest BCUT2D eigenvalue weighted by molar-refractivity contribution is 5.72. The molecule has 22 heavy (non-hydrogen) atoms. The van der Waals surface area contributed by atoms with Gasteiger partial charge in [-0.3, -0.25) is 0 Å². The van der Waals surface area contributed by atoms with Crippen molar-refractivity contribution in [3.63, 3.8) is 0 Å². The number of aliphatic hydroxyl groups excluding tert-OH is 1. The highest BCUT2D eigenvalue weighted by atomic mass is 16.5. The van der Waals surface area contributed by atoms with Crippen LogP contribution in [0.25, 0.3) is 0 Å². The predicted octanol–water partition coefficient (Wildman–Crippen LogP) is 0.174. The SMILES string of the molecule is COc1cccc(O[C@@H]2C[C@@H](NC(N)=O)[C@H](N(C)C)[C@H]2O)c1. The topological polar surface area (TPSA) is 97.1 Å². The molecule has 4 N–H and O–H groups in total. The van der Waals surface area contributed by atoms with Crippen molar-refractivity contribution in [3.8, 4) is 11.5 Å². The van der Waals surface area contributed by atoms with Crippen LogP contribution in [-0.4, -0.2) is 61.5 Å². The normalized spacial score (nSPS) is 27.7. The fraction of sp³-hybridized carbons (Fsp3) is 0.533. The van der Waals surface area contributed by atoms with E-state index >= 15 is 0 Å². The largest absolute Gasteiger partial charge is 0.497 e. The van der Waals surface area contributed by atoms with Crippen LogP contribution in [0, 0.1) is 0 Å². The van der Waals surface area contributed by atoms with Crippen LogP contribution in [-0.2, 0) is 0 Å². The van der Waals surface area contributed by atoms with E-state index in [4.69, 9.17) is 15.2 Å². The van der Waals surface area contributed by atoms with Crippen LogP contribution in [0.4, 0.5) is 4.79 Å². The first-order chi connectivity index (χ1) is 10.4. The molecule has 7 nitrogen and oxygen atoms in total. The van der Waals surface area contributed by atoms with E-state index in [1.807, 2.05) is 31.1 Å². The molecule has 4 atom stereocenters. The number of nitrogens with zero attached hydrogens (tertiary/aromatic N) is 1. The van der Waals surface area contributed by atoms with Crippen molar-refractivity contribution in [1.82, 2.24) is 10.2 Å². The zero-order chi connectivity index (χ0) is 16.3. The molecule has 0 heterocycles. The maximum Gasteiger partial charge on any atom is 0.312 e. The number of benzene rings is 1. The number of nitrogens with two attached hydrogens (primary N) is 1. The van der Waals surface area contributed by atoms with Gasteiger partial charge in [-0.15, -0.1) is 0 Å². The number of hydrogen-bond donors (Lipinski definition) is 3. The first-order valence-corrected chi connectivity index (χ1v) is 7.13. The van der Waals surface area contributed by atoms with Gasteiger partial charge in [0.25, 0.3) is 0 Å². The quantitative estimate of drug-likeness (QED) is 0.720. The average Bonchev–Trinajstić information content (AvgIpc) is 2.74. The lowest BCUT2D eigenvalue weighted by molar-refractivity contribution is 0.0213. The molecule has 0 saturated heterocycles. The number of methoxy groups -OCH3 is 1. The summed E-state index contributed by atoms with van der Waals surface area (Å²) in [6, 6.07) is 6.06. The molecule has 1 aliphatic rings. The maximum absolute atomic E-state index is 11.1. The van der Waals surface area contributed by atoms with Crippen molar-refractivity contribution >= 4 is 6.03 Å². The summed E-state index contributed by atoms with van der Waals surface area (Å²) in [6.07, 6.45) is -0.695. The fourth-order valence-corrected chi connectivity index (χ4v) is 2.95. The Balaban J connectivity index is 2.12. The molecule has 0 radical (unpaired) electrons. The van der Waals surface area contributed by atoms with Gasteiger partial charge in [0.2, 0.25) is 0 Å². The summed E-state index contributed by atoms with van der Waals surface area (Å²) in [5.41, 5.74) is 5.21. The molecular formula is C15H23N3O4. The van der Waals surface area contributed by atoms with Gasteiger partial charge < -0.3 is 30.5 Å². The third-order valence-electron chi connectivity index (χ3n) is 3.88. The van der Waals surface area contributed by atoms with Crippen LogP contribution in [0.15, 0.2) is 24.3 Å². The Labute approximate surface area is 130 Å². The molecule has 0 aromatic heterocycles. The van der Waals surface area contributed by atoms with Gasteiger partial charge in [0.05, 0.1) is 19.2 Å². The zero-order valence-electron chi connectivity index (χ0n) is 13.0. The Morgan fingerprint density at radius 2 is 2.09 bits per heavy atom. The van der Waals surface area contributed by atoms with E-state index < -0.39 is 18.2 Å². The second-order valence-corrected chi connectivity index (χ2v) is 5.63. The van der Waals surface area contributed by atoms with E-state index in [1.165, 1.54) is 0 Å². The van der Waals surface area contributed by atoms with Gasteiger partial charge in [0.15, 0.2) is 0 Å². The Morgan fingerprint density at radius 3 is 2.68 bits per heavy atom. The molecule has 0 bridgehead atoms. The van der Waals surface area contributed by atoms with Crippen LogP contribution < -0.4 is 20.5 Å². The van der Waals surface area contributed by atoms with E-state index in [0.29, 0.717) is 17.9 Å². The van der Waals surface area contributed by atoms with Crippen molar-refractivity contribution in [2.45, 2.75) is 30.7 Å². The fourth-order valence-electron chi connectivity index (χ4n) is 2.95. The molecule has 1 saturated carbocycles. The Hall–Kier alpha value is -1.99. The van der Waals surface area contributed by atoms with Gasteiger partial charge in [-0.05, 0) is 26.2 Å². The van der Waals surface area contributed by atoms with Crippen LogP contribution >= 0.6 is 0 Å². The summed E-state index contributed by atoms with van der Waals surface area (Å²) >= 11 is 0. The molecule has 1 fully saturated rings. The molecule has 1 aliphatic carbocycles. The third-order valence-corrected chi connectivity index (χ3v) is 3.88. The van der Waals surface area contributed by atoms with E-state index in [2.05, 4.69) is 5.32 Å². The van der Waals surface area contributed by atoms with Gasteiger partial charge in [-0.1, -0.05) is 6.07 Å². The molecule has 0 unspecified atom stereocenters. The first kappa shape index (κ1) is 16.4. The molecule has 2 rings (SSSR count). The van der Waals surface area contributed by atoms with Crippen molar-refractivity contribution in [2.75, 3.05) is 21.2 Å². The second kappa shape index (κ2) is 6.85. The van der Waals surface area contributed by atoms with E-state index in [-0.39, 0.29) is 12.1 Å². The number of nitrogens with one attached hydrogen (secondary N) is 1. The summed E-state index contributed by atoms with van der Waals surface area (Å²) in [5, 5.41) is 13.2. The summed E-state index contributed by atoms with van der Waals surface area (Å²) in [7, 11) is 5.27. The zero-order valence-corrected chi connectivity index (χ0v) is 13.0. The van der Waals surface area contributed by atoms with Crippen molar-refractivity contribution in [3.05, 3.63) is 24.3 Å². The van der Waals surface area contributed by atoms with Gasteiger partial charge in [-0.25, -0.2) is 4.79 Å². The molecule has 7 heteroatoms. The molecule has 1 aromatic rings. The number of aliphatic hydroxyl groups is 1. The van der Waals surface area contributed by atoms with Crippen molar-refractivity contribution in [1.29, 1.82) is 0 Å². The third kappa shape index (κ3) is 3.61. The van der Waals surface area contributed by atoms with Gasteiger partial charge in [0, 0.05) is 12.5 Å². The van der Waals surface area contributed by atoms with Gasteiger partial charge >= 0.3 is 6.03 Å². The highest BCUT2D eigenvalue weighted by Gasteiger charge is 2.45. The number of likely N-dealkylation sites (N-methyl/N-ethyl adjacent to an activating group) is 1. The molecule has 2 amide bonds. The smallest absolute Gasteiger partial charge is 0.312 e. The number of carbonyl (C=O) groups excluding carboxylic acids is 1. The molecule has 122 valence electrons. The number of hydrogen-bond acceptors (Lipinski definition) is 5. The summed E-state index contributed by atoms with van der Waals surface area (Å²) < 4.78 is 11.0. The van der Waals surface area contributed by atoms with Crippen LogP contribution in [0.5, 0.6) is 11.5 Å². The maximum atomic E-state index is 11.1. The Kier molecular flexibility index (Phi) is 5.10. The lowest BCUT2D eigenvalue weighted by atomic mass is 10.1. The Morgan fingerprint density at radius 1 is 1.41 bits per heavy atom. The lowest BCUT2D eigenvalue weighted by Crippen LogP contribution is -2.51. The minimum atomic E-state index is -0.738. The summed E-state index contributed by atoms with van der Waals surface area (Å²) in [6.45, 7) is 0. The molecule has 1 aromatic carbocycles. The number of primary amides is 1. The summed E-state index contributed by atoms with van der Waals surface area (Å²) in [5.74, 6) is 1.29. The van der Waals surface area contributed by atoms with Crippen LogP contribution in [0.1, 0.15) is 6.42 Å². The van der Waals surface area contributed by atoms with E-state index in [9.17, 15) is 9.90 Å². The van der Waals surface area contributed by atoms with Crippen molar-refractivity contribution < 1.29 is 19.4 Å². The van der Waals surface area contributed by atoms with Gasteiger partial charge in [0.1, 0.15) is 23.7 Å². The molecule has 0 aliphatic heterocycles. The molecule has 0 spiro atoms. The predicted molar refractivity (Wildman–Crippen MR) is 82.0 cm³/mol. The summed E-state index contributed by atoms with van der Waals surface area (Å²) in [4.78, 5) is 13.0. The minimum Gasteiger partial charge on any atom is -0.497 e. The second-order valence-electron chi connectivity index (χ2n) is 5.63. The lowest BCUT2D eigenvalue weighted by Gasteiger charge is -2.28. The average molecular weight is 309 g/mol. The monoisotopic (exact) mass is 309 g/mol. The number of rotatable bonds is 5. The molecular weight excluding hydrogens is 286 g/mol. The van der Waals surface area contributed by atoms with Crippen LogP contribution in [0.2, 0.25) is 0 Å². The number of amides is 2. The number of carbonyl (C=O) groups is 1. The number of urea groups is 1. The Bertz CT molecular complexity index is 523.